The van der Waals surface area contributed by atoms with Crippen LogP contribution in [0, 0.1) is 18.8 Å². The second kappa shape index (κ2) is 9.32. The van der Waals surface area contributed by atoms with Crippen molar-refractivity contribution >= 4 is 45.0 Å². The zero-order valence-electron chi connectivity index (χ0n) is 20.9. The van der Waals surface area contributed by atoms with E-state index in [0.29, 0.717) is 34.8 Å². The molecule has 0 bridgehead atoms. The zero-order valence-corrected chi connectivity index (χ0v) is 22.5. The number of rotatable bonds is 7. The Hall–Kier alpha value is -3.01. The van der Waals surface area contributed by atoms with Gasteiger partial charge in [0.25, 0.3) is 0 Å². The largest absolute Gasteiger partial charge is 0.476 e. The van der Waals surface area contributed by atoms with Crippen molar-refractivity contribution in [1.29, 1.82) is 0 Å². The van der Waals surface area contributed by atoms with Gasteiger partial charge in [0.05, 0.1) is 22.4 Å². The first-order chi connectivity index (χ1) is 18.5. The first kappa shape index (κ1) is 24.1. The lowest BCUT2D eigenvalue weighted by atomic mass is 10.0. The summed E-state index contributed by atoms with van der Waals surface area (Å²) in [5, 5.41) is 15.1. The number of carboxylic acid groups (broad SMARTS) is 1. The minimum atomic E-state index is -1.02. The van der Waals surface area contributed by atoms with Crippen molar-refractivity contribution in [2.24, 2.45) is 11.8 Å². The van der Waals surface area contributed by atoms with Crippen LogP contribution in [0.1, 0.15) is 59.0 Å². The van der Waals surface area contributed by atoms with Gasteiger partial charge in [0.15, 0.2) is 5.69 Å². The maximum atomic E-state index is 11.4. The van der Waals surface area contributed by atoms with Crippen LogP contribution in [0.5, 0.6) is 0 Å². The van der Waals surface area contributed by atoms with Gasteiger partial charge in [0, 0.05) is 47.8 Å². The molecular weight excluding hydrogens is 524 g/mol. The first-order valence-corrected chi connectivity index (χ1v) is 14.2. The Kier molecular flexibility index (Phi) is 5.90. The number of pyridine rings is 1. The van der Waals surface area contributed by atoms with Gasteiger partial charge in [-0.3, -0.25) is 0 Å². The Morgan fingerprint density at radius 1 is 1.26 bits per heavy atom. The molecule has 3 aliphatic rings. The maximum absolute atomic E-state index is 11.4. The van der Waals surface area contributed by atoms with E-state index >= 15 is 0 Å². The van der Waals surface area contributed by atoms with Crippen LogP contribution in [-0.4, -0.2) is 44.8 Å². The topological polar surface area (TPSA) is 102 Å². The van der Waals surface area contributed by atoms with E-state index in [4.69, 9.17) is 20.9 Å². The van der Waals surface area contributed by atoms with E-state index in [1.807, 2.05) is 31.2 Å². The predicted molar refractivity (Wildman–Crippen MR) is 145 cm³/mol. The van der Waals surface area contributed by atoms with Gasteiger partial charge in [0.1, 0.15) is 17.3 Å². The van der Waals surface area contributed by atoms with E-state index in [9.17, 15) is 9.90 Å². The molecule has 3 fully saturated rings. The number of benzene rings is 1. The van der Waals surface area contributed by atoms with Gasteiger partial charge in [0.2, 0.25) is 0 Å². The SMILES string of the molecule is Cc1cccc(Cl)c1-c1noc(C2CC2)c1COC1CC2CN(c3cc4snc(C(=O)O)c4cn3)CC2C1. The number of nitrogens with zero attached hydrogens (tertiary/aromatic N) is 4. The van der Waals surface area contributed by atoms with E-state index in [2.05, 4.69) is 19.4 Å². The molecule has 7 rings (SSSR count). The summed E-state index contributed by atoms with van der Waals surface area (Å²) in [7, 11) is 0. The van der Waals surface area contributed by atoms with Crippen molar-refractivity contribution in [3.63, 3.8) is 0 Å². The highest BCUT2D eigenvalue weighted by molar-refractivity contribution is 7.13. The van der Waals surface area contributed by atoms with Crippen molar-refractivity contribution in [3.8, 4) is 11.3 Å². The van der Waals surface area contributed by atoms with Crippen molar-refractivity contribution in [3.05, 3.63) is 58.1 Å². The average Bonchev–Trinajstić information content (AvgIpc) is 3.20. The Morgan fingerprint density at radius 3 is 2.76 bits per heavy atom. The van der Waals surface area contributed by atoms with Gasteiger partial charge < -0.3 is 19.3 Å². The first-order valence-electron chi connectivity index (χ1n) is 13.1. The third-order valence-corrected chi connectivity index (χ3v) is 9.39. The van der Waals surface area contributed by atoms with Gasteiger partial charge >= 0.3 is 5.97 Å². The summed E-state index contributed by atoms with van der Waals surface area (Å²) in [5.74, 6) is 2.36. The number of anilines is 1. The molecule has 1 aliphatic heterocycles. The monoisotopic (exact) mass is 550 g/mol. The summed E-state index contributed by atoms with van der Waals surface area (Å²) >= 11 is 7.79. The second-order valence-corrected chi connectivity index (χ2v) is 12.0. The molecule has 4 aromatic rings. The Labute approximate surface area is 228 Å². The molecule has 1 saturated heterocycles. The third-order valence-electron chi connectivity index (χ3n) is 8.27. The summed E-state index contributed by atoms with van der Waals surface area (Å²) in [6.07, 6.45) is 6.13. The molecular formula is C28H27ClN4O4S. The fourth-order valence-corrected chi connectivity index (χ4v) is 7.26. The van der Waals surface area contributed by atoms with Crippen molar-refractivity contribution in [1.82, 2.24) is 14.5 Å². The smallest absolute Gasteiger partial charge is 0.356 e. The molecule has 196 valence electrons. The zero-order chi connectivity index (χ0) is 26.0. The number of fused-ring (bicyclic) bond motifs is 2. The molecule has 3 aromatic heterocycles. The molecule has 0 radical (unpaired) electrons. The molecule has 8 nitrogen and oxygen atoms in total. The Morgan fingerprint density at radius 2 is 2.05 bits per heavy atom. The number of halogens is 1. The van der Waals surface area contributed by atoms with Crippen LogP contribution in [-0.2, 0) is 11.3 Å². The lowest BCUT2D eigenvalue weighted by Crippen LogP contribution is -2.24. The van der Waals surface area contributed by atoms with E-state index in [-0.39, 0.29) is 11.8 Å². The van der Waals surface area contributed by atoms with Crippen LogP contribution in [0.15, 0.2) is 35.0 Å². The number of carboxylic acids is 1. The van der Waals surface area contributed by atoms with Gasteiger partial charge in [-0.15, -0.1) is 0 Å². The number of hydrogen-bond donors (Lipinski definition) is 1. The maximum Gasteiger partial charge on any atom is 0.356 e. The quantitative estimate of drug-likeness (QED) is 0.285. The molecule has 4 heterocycles. The molecule has 1 aromatic carbocycles. The number of aromatic nitrogens is 3. The standard InChI is InChI=1S/C28H27ClN4O4S/c1-14-3-2-4-21(29)24(14)25-20(27(37-31-25)15-5-6-15)13-36-18-7-16-11-33(12-17(16)8-18)23-9-22-19(10-30-23)26(28(34)35)32-38-22/h2-4,9-10,15-18H,5-8,11-13H2,1H3,(H,34,35). The summed E-state index contributed by atoms with van der Waals surface area (Å²) < 4.78 is 17.3. The van der Waals surface area contributed by atoms with E-state index in [1.54, 1.807) is 6.20 Å². The van der Waals surface area contributed by atoms with Crippen LogP contribution in [0.2, 0.25) is 5.02 Å². The average molecular weight is 551 g/mol. The molecule has 10 heteroatoms. The van der Waals surface area contributed by atoms with Crippen LogP contribution < -0.4 is 4.90 Å². The number of ether oxygens (including phenoxy) is 1. The van der Waals surface area contributed by atoms with Crippen LogP contribution in [0.3, 0.4) is 0 Å². The van der Waals surface area contributed by atoms with Crippen molar-refractivity contribution in [2.75, 3.05) is 18.0 Å². The third kappa shape index (κ3) is 4.17. The molecule has 2 unspecified atom stereocenters. The molecule has 2 aliphatic carbocycles. The summed E-state index contributed by atoms with van der Waals surface area (Å²) in [6.45, 7) is 4.39. The predicted octanol–water partition coefficient (Wildman–Crippen LogP) is 6.32. The van der Waals surface area contributed by atoms with Crippen molar-refractivity contribution in [2.45, 2.75) is 51.2 Å². The Balaban J connectivity index is 1.03. The van der Waals surface area contributed by atoms with Gasteiger partial charge in [-0.1, -0.05) is 28.9 Å². The number of hydrogen-bond acceptors (Lipinski definition) is 8. The van der Waals surface area contributed by atoms with Crippen LogP contribution in [0.4, 0.5) is 5.82 Å². The van der Waals surface area contributed by atoms with Gasteiger partial charge in [-0.25, -0.2) is 9.78 Å². The molecule has 1 N–H and O–H groups in total. The van der Waals surface area contributed by atoms with E-state index < -0.39 is 5.97 Å². The fraction of sp³-hybridized carbons (Fsp3) is 0.429. The molecule has 2 saturated carbocycles. The highest BCUT2D eigenvalue weighted by atomic mass is 35.5. The minimum absolute atomic E-state index is 0.0767. The van der Waals surface area contributed by atoms with Crippen LogP contribution >= 0.6 is 23.1 Å². The number of carbonyl (C=O) groups is 1. The second-order valence-electron chi connectivity index (χ2n) is 10.8. The van der Waals surface area contributed by atoms with Gasteiger partial charge in [-0.2, -0.15) is 4.37 Å². The lowest BCUT2D eigenvalue weighted by molar-refractivity contribution is 0.0402. The van der Waals surface area contributed by atoms with E-state index in [0.717, 1.165) is 77.4 Å². The molecule has 2 atom stereocenters. The van der Waals surface area contributed by atoms with Crippen LogP contribution in [0.25, 0.3) is 21.3 Å². The summed E-state index contributed by atoms with van der Waals surface area (Å²) in [4.78, 5) is 18.3. The van der Waals surface area contributed by atoms with E-state index in [1.165, 1.54) is 11.5 Å². The lowest BCUT2D eigenvalue weighted by Gasteiger charge is -2.20. The highest BCUT2D eigenvalue weighted by Crippen LogP contribution is 2.46. The number of aromatic carboxylic acids is 1. The highest BCUT2D eigenvalue weighted by Gasteiger charge is 2.42. The fourth-order valence-electron chi connectivity index (χ4n) is 6.18. The number of aryl methyl sites for hydroxylation is 1. The minimum Gasteiger partial charge on any atom is -0.476 e. The normalized spacial score (nSPS) is 22.9. The van der Waals surface area contributed by atoms with Crippen molar-refractivity contribution < 1.29 is 19.2 Å². The summed E-state index contributed by atoms with van der Waals surface area (Å²) in [6, 6.07) is 7.88. The molecule has 38 heavy (non-hydrogen) atoms. The summed E-state index contributed by atoms with van der Waals surface area (Å²) in [5.41, 5.74) is 3.95. The Bertz CT molecular complexity index is 1510. The van der Waals surface area contributed by atoms with Gasteiger partial charge in [-0.05, 0) is 67.6 Å². The molecule has 0 amide bonds. The molecule has 0 spiro atoms.